The van der Waals surface area contributed by atoms with E-state index in [0.29, 0.717) is 0 Å². The Kier molecular flexibility index (Phi) is 5.81. The van der Waals surface area contributed by atoms with Crippen molar-refractivity contribution in [2.75, 3.05) is 25.0 Å². The number of carbonyl (C=O) groups excluding carboxylic acids is 1. The van der Waals surface area contributed by atoms with Gasteiger partial charge in [-0.1, -0.05) is 15.9 Å². The molecular weight excluding hydrogens is 376 g/mol. The molecule has 4 nitrogen and oxygen atoms in total. The number of hydrogen-bond acceptors (Lipinski definition) is 3. The smallest absolute Gasteiger partial charge is 0.250 e. The van der Waals surface area contributed by atoms with Gasteiger partial charge >= 0.3 is 0 Å². The Bertz CT molecular complexity index is 448. The van der Waals surface area contributed by atoms with Gasteiger partial charge in [0, 0.05) is 8.95 Å². The van der Waals surface area contributed by atoms with Crippen molar-refractivity contribution in [3.05, 3.63) is 27.1 Å². The highest BCUT2D eigenvalue weighted by atomic mass is 79.9. The van der Waals surface area contributed by atoms with Gasteiger partial charge in [0.25, 0.3) is 0 Å². The van der Waals surface area contributed by atoms with Crippen LogP contribution in [0.1, 0.15) is 12.8 Å². The summed E-state index contributed by atoms with van der Waals surface area (Å²) in [6, 6.07) is 5.64. The molecule has 0 bridgehead atoms. The first-order valence-corrected chi connectivity index (χ1v) is 7.81. The molecule has 1 aliphatic rings. The highest BCUT2D eigenvalue weighted by Crippen LogP contribution is 2.26. The van der Waals surface area contributed by atoms with Gasteiger partial charge in [-0.15, -0.1) is 0 Å². The van der Waals surface area contributed by atoms with E-state index in [-0.39, 0.29) is 18.6 Å². The number of ether oxygens (including phenoxy) is 1. The van der Waals surface area contributed by atoms with Crippen LogP contribution < -0.4 is 10.6 Å². The van der Waals surface area contributed by atoms with E-state index in [1.54, 1.807) is 0 Å². The molecule has 19 heavy (non-hydrogen) atoms. The van der Waals surface area contributed by atoms with Gasteiger partial charge in [0.05, 0.1) is 11.8 Å². The van der Waals surface area contributed by atoms with Gasteiger partial charge in [0.2, 0.25) is 5.91 Å². The fourth-order valence-corrected chi connectivity index (χ4v) is 2.64. The number of carbonyl (C=O) groups is 1. The number of piperidine rings is 1. The predicted octanol–water partition coefficient (Wildman–Crippen LogP) is 2.92. The van der Waals surface area contributed by atoms with E-state index >= 15 is 0 Å². The summed E-state index contributed by atoms with van der Waals surface area (Å²) in [7, 11) is 0. The van der Waals surface area contributed by atoms with E-state index in [2.05, 4.69) is 42.5 Å². The first-order valence-electron chi connectivity index (χ1n) is 6.22. The molecule has 1 aromatic carbocycles. The van der Waals surface area contributed by atoms with Crippen LogP contribution in [0.15, 0.2) is 27.1 Å². The Labute approximate surface area is 129 Å². The number of amides is 1. The third kappa shape index (κ3) is 4.87. The molecule has 6 heteroatoms. The highest BCUT2D eigenvalue weighted by molar-refractivity contribution is 9.11. The highest BCUT2D eigenvalue weighted by Gasteiger charge is 2.15. The molecule has 1 saturated heterocycles. The molecule has 0 aromatic heterocycles. The van der Waals surface area contributed by atoms with Crippen LogP contribution in [0.2, 0.25) is 0 Å². The summed E-state index contributed by atoms with van der Waals surface area (Å²) >= 11 is 6.78. The lowest BCUT2D eigenvalue weighted by atomic mass is 10.1. The molecule has 1 aromatic rings. The molecule has 1 amide bonds. The first-order chi connectivity index (χ1) is 9.15. The summed E-state index contributed by atoms with van der Waals surface area (Å²) in [6.07, 6.45) is 2.12. The monoisotopic (exact) mass is 390 g/mol. The molecule has 1 aliphatic heterocycles. The van der Waals surface area contributed by atoms with Gasteiger partial charge in [-0.2, -0.15) is 0 Å². The van der Waals surface area contributed by atoms with Crippen molar-refractivity contribution >= 4 is 43.5 Å². The van der Waals surface area contributed by atoms with Gasteiger partial charge in [0.15, 0.2) is 0 Å². The molecule has 2 rings (SSSR count). The van der Waals surface area contributed by atoms with Crippen molar-refractivity contribution in [2.24, 2.45) is 0 Å². The maximum atomic E-state index is 11.8. The SMILES string of the molecule is O=C(COC1CCNCC1)Nc1cc(Br)ccc1Br. The summed E-state index contributed by atoms with van der Waals surface area (Å²) < 4.78 is 7.38. The van der Waals surface area contributed by atoms with Crippen LogP contribution in [0.3, 0.4) is 0 Å². The number of halogens is 2. The number of rotatable bonds is 4. The average molecular weight is 392 g/mol. The standard InChI is InChI=1S/C13H16Br2N2O2/c14-9-1-2-11(15)12(7-9)17-13(18)8-19-10-3-5-16-6-4-10/h1-2,7,10,16H,3-6,8H2,(H,17,18). The first kappa shape index (κ1) is 15.0. The lowest BCUT2D eigenvalue weighted by Gasteiger charge is -2.22. The van der Waals surface area contributed by atoms with Crippen LogP contribution in [0.4, 0.5) is 5.69 Å². The molecule has 1 heterocycles. The van der Waals surface area contributed by atoms with Crippen molar-refractivity contribution < 1.29 is 9.53 Å². The Morgan fingerprint density at radius 1 is 1.37 bits per heavy atom. The Morgan fingerprint density at radius 2 is 2.11 bits per heavy atom. The van der Waals surface area contributed by atoms with Crippen LogP contribution in [-0.2, 0) is 9.53 Å². The summed E-state index contributed by atoms with van der Waals surface area (Å²) in [4.78, 5) is 11.8. The molecule has 0 unspecified atom stereocenters. The van der Waals surface area contributed by atoms with Crippen LogP contribution in [0.25, 0.3) is 0 Å². The van der Waals surface area contributed by atoms with Gasteiger partial charge < -0.3 is 15.4 Å². The maximum Gasteiger partial charge on any atom is 0.250 e. The summed E-state index contributed by atoms with van der Waals surface area (Å²) in [5.74, 6) is -0.127. The van der Waals surface area contributed by atoms with Gasteiger partial charge in [0.1, 0.15) is 6.61 Å². The third-order valence-electron chi connectivity index (χ3n) is 2.94. The molecule has 2 N–H and O–H groups in total. The Hall–Kier alpha value is -0.430. The van der Waals surface area contributed by atoms with E-state index in [4.69, 9.17) is 4.74 Å². The summed E-state index contributed by atoms with van der Waals surface area (Å²) in [6.45, 7) is 2.02. The molecule has 0 radical (unpaired) electrons. The molecule has 0 spiro atoms. The second-order valence-corrected chi connectivity index (χ2v) is 6.20. The number of benzene rings is 1. The van der Waals surface area contributed by atoms with E-state index in [0.717, 1.165) is 40.6 Å². The second-order valence-electron chi connectivity index (χ2n) is 4.43. The quantitative estimate of drug-likeness (QED) is 0.829. The fraction of sp³-hybridized carbons (Fsp3) is 0.462. The van der Waals surface area contributed by atoms with Gasteiger partial charge in [-0.05, 0) is 60.1 Å². The number of nitrogens with one attached hydrogen (secondary N) is 2. The van der Waals surface area contributed by atoms with E-state index in [1.807, 2.05) is 18.2 Å². The molecule has 0 saturated carbocycles. The largest absolute Gasteiger partial charge is 0.368 e. The van der Waals surface area contributed by atoms with Crippen molar-refractivity contribution in [1.29, 1.82) is 0 Å². The fourth-order valence-electron chi connectivity index (χ4n) is 1.94. The summed E-state index contributed by atoms with van der Waals surface area (Å²) in [5, 5.41) is 6.10. The number of hydrogen-bond donors (Lipinski definition) is 2. The van der Waals surface area contributed by atoms with E-state index < -0.39 is 0 Å². The minimum absolute atomic E-state index is 0.101. The van der Waals surface area contributed by atoms with E-state index in [1.165, 1.54) is 0 Å². The third-order valence-corrected chi connectivity index (χ3v) is 4.12. The molecule has 104 valence electrons. The van der Waals surface area contributed by atoms with Gasteiger partial charge in [-0.3, -0.25) is 4.79 Å². The number of anilines is 1. The minimum atomic E-state index is -0.127. The zero-order valence-corrected chi connectivity index (χ0v) is 13.6. The molecule has 0 atom stereocenters. The lowest BCUT2D eigenvalue weighted by Crippen LogP contribution is -2.34. The van der Waals surface area contributed by atoms with Gasteiger partial charge in [-0.25, -0.2) is 0 Å². The minimum Gasteiger partial charge on any atom is -0.368 e. The van der Waals surface area contributed by atoms with Crippen LogP contribution in [-0.4, -0.2) is 31.7 Å². The Morgan fingerprint density at radius 3 is 2.84 bits per heavy atom. The molecular formula is C13H16Br2N2O2. The van der Waals surface area contributed by atoms with Crippen molar-refractivity contribution in [3.8, 4) is 0 Å². The Balaban J connectivity index is 1.81. The maximum absolute atomic E-state index is 11.8. The van der Waals surface area contributed by atoms with Crippen LogP contribution >= 0.6 is 31.9 Å². The summed E-state index contributed by atoms with van der Waals surface area (Å²) in [5.41, 5.74) is 0.744. The second kappa shape index (κ2) is 7.38. The molecule has 1 fully saturated rings. The predicted molar refractivity (Wildman–Crippen MR) is 82.3 cm³/mol. The van der Waals surface area contributed by atoms with Crippen molar-refractivity contribution in [3.63, 3.8) is 0 Å². The van der Waals surface area contributed by atoms with E-state index in [9.17, 15) is 4.79 Å². The topological polar surface area (TPSA) is 50.4 Å². The molecule has 0 aliphatic carbocycles. The van der Waals surface area contributed by atoms with Crippen molar-refractivity contribution in [1.82, 2.24) is 5.32 Å². The van der Waals surface area contributed by atoms with Crippen LogP contribution in [0.5, 0.6) is 0 Å². The van der Waals surface area contributed by atoms with Crippen molar-refractivity contribution in [2.45, 2.75) is 18.9 Å². The normalized spacial score (nSPS) is 16.3. The zero-order valence-electron chi connectivity index (χ0n) is 10.4. The lowest BCUT2D eigenvalue weighted by molar-refractivity contribution is -0.123. The average Bonchev–Trinajstić information content (AvgIpc) is 2.42. The zero-order chi connectivity index (χ0) is 13.7. The van der Waals surface area contributed by atoms with Crippen LogP contribution in [0, 0.1) is 0 Å².